The molecule has 0 bridgehead atoms. The summed E-state index contributed by atoms with van der Waals surface area (Å²) in [5.41, 5.74) is 0. The van der Waals surface area contributed by atoms with Crippen LogP contribution in [0.3, 0.4) is 0 Å². The Morgan fingerprint density at radius 3 is 0.750 bits per heavy atom. The van der Waals surface area contributed by atoms with Gasteiger partial charge in [0.1, 0.15) is 0 Å². The predicted molar refractivity (Wildman–Crippen MR) is 7.13 cm³/mol. The van der Waals surface area contributed by atoms with Gasteiger partial charge in [-0.1, -0.05) is 0 Å². The van der Waals surface area contributed by atoms with Gasteiger partial charge in [-0.25, -0.2) is 0 Å². The van der Waals surface area contributed by atoms with Gasteiger partial charge in [-0.3, -0.25) is 0 Å². The molecule has 0 atom stereocenters. The third kappa shape index (κ3) is 9.33. The van der Waals surface area contributed by atoms with Gasteiger partial charge in [-0.15, -0.1) is 0 Å². The molecule has 0 N–H and O–H groups in total. The first kappa shape index (κ1) is 43.6. The molecule has 0 saturated carbocycles. The summed E-state index contributed by atoms with van der Waals surface area (Å²) in [4.78, 5) is 0. The molecule has 0 aromatic carbocycles. The van der Waals surface area contributed by atoms with Gasteiger partial charge in [0.2, 0.25) is 0 Å². The van der Waals surface area contributed by atoms with Gasteiger partial charge in [0.05, 0.1) is 0 Å². The molecule has 4 heavy (non-hydrogen) atoms. The second kappa shape index (κ2) is 22.3. The van der Waals surface area contributed by atoms with E-state index >= 15 is 0 Å². The van der Waals surface area contributed by atoms with Crippen LogP contribution in [0.15, 0.2) is 0 Å². The molecule has 0 spiro atoms. The van der Waals surface area contributed by atoms with Crippen molar-refractivity contribution in [2.24, 2.45) is 0 Å². The molecule has 0 aromatic rings. The zero-order valence-corrected chi connectivity index (χ0v) is 5.19. The summed E-state index contributed by atoms with van der Waals surface area (Å²) in [6.45, 7) is 0. The van der Waals surface area contributed by atoms with Crippen LogP contribution in [0.5, 0.6) is 0 Å². The molecule has 2 nitrogen and oxygen atoms in total. The summed E-state index contributed by atoms with van der Waals surface area (Å²) < 4.78 is 0. The molecule has 0 heterocycles. The minimum absolute atomic E-state index is 0. The molecule has 4 heteroatoms. The average molecular weight is 128 g/mol. The third-order valence-electron chi connectivity index (χ3n) is 0. The van der Waals surface area contributed by atoms with Gasteiger partial charge < -0.3 is 11.0 Å². The first-order valence-electron chi connectivity index (χ1n) is 0. The summed E-state index contributed by atoms with van der Waals surface area (Å²) in [6.07, 6.45) is 0. The predicted octanol–water partition coefficient (Wildman–Crippen LogP) is -0.621. The maximum atomic E-state index is 0. The molecule has 0 aliphatic heterocycles. The maximum absolute atomic E-state index is 0. The molecule has 0 aliphatic rings. The van der Waals surface area contributed by atoms with Crippen LogP contribution >= 0.6 is 0 Å². The van der Waals surface area contributed by atoms with Crippen LogP contribution in [0.1, 0.15) is 0 Å². The molecule has 0 aliphatic carbocycles. The zero-order valence-electron chi connectivity index (χ0n) is 1.88. The quantitative estimate of drug-likeness (QED) is 0.390. The van der Waals surface area contributed by atoms with Crippen LogP contribution in [0.4, 0.5) is 0 Å². The molecule has 0 unspecified atom stereocenters. The summed E-state index contributed by atoms with van der Waals surface area (Å²) >= 11 is 0. The van der Waals surface area contributed by atoms with Gasteiger partial charge in [-0.05, 0) is 0 Å². The van der Waals surface area contributed by atoms with E-state index in [1.807, 2.05) is 0 Å². The topological polar surface area (TPSA) is 57.0 Å². The Hall–Kier alpha value is 1.70. The summed E-state index contributed by atoms with van der Waals surface area (Å²) in [5, 5.41) is 0. The fourth-order valence-electron chi connectivity index (χ4n) is 0. The Balaban J connectivity index is 0. The zero-order chi connectivity index (χ0) is 0. The van der Waals surface area contributed by atoms with E-state index in [1.165, 1.54) is 0 Å². The first-order valence-corrected chi connectivity index (χ1v) is 0. The Morgan fingerprint density at radius 1 is 0.750 bits per heavy atom. The minimum atomic E-state index is 0. The number of hydrogen-bond acceptors (Lipinski definition) is 0. The van der Waals surface area contributed by atoms with E-state index in [1.54, 1.807) is 0 Å². The van der Waals surface area contributed by atoms with Gasteiger partial charge in [-0.2, -0.15) is 0 Å². The summed E-state index contributed by atoms with van der Waals surface area (Å²) in [5.74, 6) is 0. The minimum Gasteiger partial charge on any atom is -2.00 e. The summed E-state index contributed by atoms with van der Waals surface area (Å²) in [7, 11) is 0. The van der Waals surface area contributed by atoms with Gasteiger partial charge in [0.25, 0.3) is 0 Å². The SMILES string of the molecule is [Ca+2].[Fe+2].[O-2].[O-2]. The van der Waals surface area contributed by atoms with E-state index in [-0.39, 0.29) is 65.8 Å². The van der Waals surface area contributed by atoms with Crippen molar-refractivity contribution >= 4 is 37.7 Å². The number of rotatable bonds is 0. The van der Waals surface area contributed by atoms with Gasteiger partial charge in [0.15, 0.2) is 0 Å². The average Bonchev–Trinajstić information content (AvgIpc) is 0. The summed E-state index contributed by atoms with van der Waals surface area (Å²) in [6, 6.07) is 0. The van der Waals surface area contributed by atoms with E-state index < -0.39 is 0 Å². The van der Waals surface area contributed by atoms with Crippen LogP contribution in [0.25, 0.3) is 0 Å². The van der Waals surface area contributed by atoms with Crippen molar-refractivity contribution in [3.8, 4) is 0 Å². The van der Waals surface area contributed by atoms with Crippen molar-refractivity contribution in [1.29, 1.82) is 0 Å². The van der Waals surface area contributed by atoms with Crippen LogP contribution < -0.4 is 0 Å². The Morgan fingerprint density at radius 2 is 0.750 bits per heavy atom. The van der Waals surface area contributed by atoms with Crippen molar-refractivity contribution in [2.75, 3.05) is 0 Å². The Kier molecular flexibility index (Phi) is 243. The molecule has 0 saturated heterocycles. The van der Waals surface area contributed by atoms with Gasteiger partial charge >= 0.3 is 54.8 Å². The monoisotopic (exact) mass is 128 g/mol. The third-order valence-corrected chi connectivity index (χ3v) is 0. The van der Waals surface area contributed by atoms with Gasteiger partial charge in [0, 0.05) is 0 Å². The largest absolute Gasteiger partial charge is 2.00 e. The van der Waals surface area contributed by atoms with Crippen molar-refractivity contribution in [3.05, 3.63) is 0 Å². The second-order valence-corrected chi connectivity index (χ2v) is 0. The fraction of sp³-hybridized carbons (Fsp3) is 0. The Bertz CT molecular complexity index is 6.00. The molecule has 0 rings (SSSR count). The van der Waals surface area contributed by atoms with E-state index in [0.29, 0.717) is 0 Å². The first-order chi connectivity index (χ1) is 0. The molecule has 0 radical (unpaired) electrons. The fourth-order valence-corrected chi connectivity index (χ4v) is 0. The maximum Gasteiger partial charge on any atom is 2.00 e. The van der Waals surface area contributed by atoms with Crippen LogP contribution in [-0.2, 0) is 28.0 Å². The second-order valence-electron chi connectivity index (χ2n) is 0. The smallest absolute Gasteiger partial charge is 2.00 e. The van der Waals surface area contributed by atoms with Crippen LogP contribution in [0, 0.1) is 0 Å². The van der Waals surface area contributed by atoms with Crippen LogP contribution in [-0.4, -0.2) is 37.7 Å². The molecular weight excluding hydrogens is 128 g/mol. The molecule has 22 valence electrons. The van der Waals surface area contributed by atoms with Crippen molar-refractivity contribution < 1.29 is 28.0 Å². The number of hydrogen-bond donors (Lipinski definition) is 0. The van der Waals surface area contributed by atoms with E-state index in [4.69, 9.17) is 0 Å². The van der Waals surface area contributed by atoms with E-state index in [2.05, 4.69) is 0 Å². The molecule has 0 fully saturated rings. The standard InChI is InChI=1S/Ca.Fe.2O/q2*+2;2*-2. The van der Waals surface area contributed by atoms with E-state index in [9.17, 15) is 0 Å². The Labute approximate surface area is 65.0 Å². The van der Waals surface area contributed by atoms with Crippen molar-refractivity contribution in [3.63, 3.8) is 0 Å². The molecular formula is CaFeO2. The normalized spacial score (nSPS) is 0. The van der Waals surface area contributed by atoms with Crippen LogP contribution in [0.2, 0.25) is 0 Å². The van der Waals surface area contributed by atoms with Crippen molar-refractivity contribution in [1.82, 2.24) is 0 Å². The van der Waals surface area contributed by atoms with Crippen molar-refractivity contribution in [2.45, 2.75) is 0 Å². The molecule has 0 amide bonds. The molecule has 0 aromatic heterocycles. The van der Waals surface area contributed by atoms with E-state index in [0.717, 1.165) is 0 Å².